The van der Waals surface area contributed by atoms with Gasteiger partial charge < -0.3 is 38.8 Å². The Hall–Kier alpha value is -0.350. The van der Waals surface area contributed by atoms with Crippen LogP contribution in [0, 0.1) is 0 Å². The van der Waals surface area contributed by atoms with E-state index in [1.54, 1.807) is 0 Å². The quantitative estimate of drug-likeness (QED) is 0.0785. The minimum atomic E-state index is -4.82. The normalized spacial score (nSPS) is 25.4. The van der Waals surface area contributed by atoms with Gasteiger partial charge in [0.15, 0.2) is 12.4 Å². The van der Waals surface area contributed by atoms with Crippen molar-refractivity contribution in [1.82, 2.24) is 0 Å². The second kappa shape index (κ2) is 18.0. The number of aliphatic hydroxyl groups excluding tert-OH is 3. The summed E-state index contributed by atoms with van der Waals surface area (Å²) in [6, 6.07) is 0. The standard InChI is InChI=1S/C21H38O12S.Na/c1-3-5-7-9-16(22)30-11-14(32-17(23)10-8-6-4-2)12-31-21-20(26)19(25)18(24)15(33-21)13-34(27,28)29;/h14-15,18-21,24-26H,3-13H2,1-2H3,(H,27,28,29);/q;+1/p-1/t14?,15-,18-,19+,20-,21+;/m1./s1. The molecule has 0 bridgehead atoms. The molecule has 1 aliphatic heterocycles. The van der Waals surface area contributed by atoms with E-state index in [9.17, 15) is 37.9 Å². The van der Waals surface area contributed by atoms with Crippen LogP contribution in [0.5, 0.6) is 0 Å². The molecule has 0 aliphatic carbocycles. The van der Waals surface area contributed by atoms with Crippen molar-refractivity contribution in [3.8, 4) is 0 Å². The summed E-state index contributed by atoms with van der Waals surface area (Å²) in [5.74, 6) is -2.17. The van der Waals surface area contributed by atoms with Gasteiger partial charge in [-0.3, -0.25) is 9.59 Å². The van der Waals surface area contributed by atoms with Crippen molar-refractivity contribution in [3.05, 3.63) is 0 Å². The van der Waals surface area contributed by atoms with Crippen molar-refractivity contribution >= 4 is 22.1 Å². The van der Waals surface area contributed by atoms with E-state index in [-0.39, 0.29) is 49.0 Å². The molecule has 12 nitrogen and oxygen atoms in total. The summed E-state index contributed by atoms with van der Waals surface area (Å²) in [4.78, 5) is 24.0. The summed E-state index contributed by atoms with van der Waals surface area (Å²) in [5.41, 5.74) is 0. The van der Waals surface area contributed by atoms with Gasteiger partial charge in [-0.2, -0.15) is 0 Å². The Morgan fingerprint density at radius 2 is 1.49 bits per heavy atom. The van der Waals surface area contributed by atoms with Crippen LogP contribution in [0.2, 0.25) is 0 Å². The Morgan fingerprint density at radius 3 is 2.03 bits per heavy atom. The van der Waals surface area contributed by atoms with Gasteiger partial charge in [-0.15, -0.1) is 0 Å². The van der Waals surface area contributed by atoms with Crippen LogP contribution < -0.4 is 29.6 Å². The van der Waals surface area contributed by atoms with Gasteiger partial charge in [0.2, 0.25) is 0 Å². The predicted octanol–water partition coefficient (Wildman–Crippen LogP) is -3.02. The van der Waals surface area contributed by atoms with Crippen molar-refractivity contribution < 1.29 is 86.4 Å². The third-order valence-electron chi connectivity index (χ3n) is 5.18. The first-order valence-corrected chi connectivity index (χ1v) is 13.2. The maximum atomic E-state index is 12.1. The number of hydrogen-bond donors (Lipinski definition) is 3. The average molecular weight is 537 g/mol. The van der Waals surface area contributed by atoms with E-state index in [1.165, 1.54) is 0 Å². The predicted molar refractivity (Wildman–Crippen MR) is 116 cm³/mol. The van der Waals surface area contributed by atoms with Crippen molar-refractivity contribution in [3.63, 3.8) is 0 Å². The zero-order valence-corrected chi connectivity index (χ0v) is 23.5. The van der Waals surface area contributed by atoms with E-state index >= 15 is 0 Å². The molecule has 1 heterocycles. The van der Waals surface area contributed by atoms with Crippen LogP contribution in [-0.4, -0.2) is 96.0 Å². The number of aliphatic hydroxyl groups is 3. The molecule has 1 rings (SSSR count). The van der Waals surface area contributed by atoms with E-state index in [1.807, 2.05) is 13.8 Å². The molecule has 200 valence electrons. The molecule has 0 aromatic rings. The molecular formula is C21H37NaO12S. The Balaban J connectivity index is 0.0000116. The van der Waals surface area contributed by atoms with Crippen LogP contribution in [0.4, 0.5) is 0 Å². The monoisotopic (exact) mass is 536 g/mol. The number of esters is 2. The Kier molecular flexibility index (Phi) is 17.8. The first-order chi connectivity index (χ1) is 16.0. The maximum Gasteiger partial charge on any atom is 1.00 e. The maximum absolute atomic E-state index is 12.1. The van der Waals surface area contributed by atoms with Crippen molar-refractivity contribution in [1.29, 1.82) is 0 Å². The number of carbonyl (C=O) groups is 2. The van der Waals surface area contributed by atoms with Crippen LogP contribution in [0.25, 0.3) is 0 Å². The summed E-state index contributed by atoms with van der Waals surface area (Å²) >= 11 is 0. The zero-order valence-electron chi connectivity index (χ0n) is 20.7. The molecule has 0 radical (unpaired) electrons. The van der Waals surface area contributed by atoms with Gasteiger partial charge in [-0.05, 0) is 12.8 Å². The van der Waals surface area contributed by atoms with E-state index in [0.717, 1.165) is 25.7 Å². The molecular weight excluding hydrogens is 499 g/mol. The molecule has 0 aromatic heterocycles. The number of unbranched alkanes of at least 4 members (excludes halogenated alkanes) is 4. The van der Waals surface area contributed by atoms with Gasteiger partial charge in [0.25, 0.3) is 0 Å². The molecule has 0 saturated carbocycles. The van der Waals surface area contributed by atoms with E-state index < -0.39 is 71.2 Å². The van der Waals surface area contributed by atoms with Crippen molar-refractivity contribution in [2.45, 2.75) is 102 Å². The first kappa shape index (κ1) is 34.6. The molecule has 0 aromatic carbocycles. The topological polar surface area (TPSA) is 189 Å². The second-order valence-electron chi connectivity index (χ2n) is 8.28. The molecule has 35 heavy (non-hydrogen) atoms. The second-order valence-corrected chi connectivity index (χ2v) is 9.73. The Bertz CT molecular complexity index is 719. The smallest absolute Gasteiger partial charge is 0.748 e. The fourth-order valence-corrected chi connectivity index (χ4v) is 3.93. The van der Waals surface area contributed by atoms with E-state index in [0.29, 0.717) is 12.8 Å². The number of ether oxygens (including phenoxy) is 4. The summed E-state index contributed by atoms with van der Waals surface area (Å²) in [6.07, 6.45) is -4.68. The molecule has 3 N–H and O–H groups in total. The van der Waals surface area contributed by atoms with Crippen LogP contribution in [0.3, 0.4) is 0 Å². The van der Waals surface area contributed by atoms with Gasteiger partial charge in [-0.25, -0.2) is 8.42 Å². The SMILES string of the molecule is CCCCCC(=O)OCC(CO[C@H]1O[C@H](CS(=O)(=O)[O-])[C@@H](O)[C@H](O)[C@H]1O)OC(=O)CCCCC.[Na+]. The molecule has 0 amide bonds. The number of rotatable bonds is 16. The van der Waals surface area contributed by atoms with Gasteiger partial charge in [0.05, 0.1) is 22.5 Å². The average Bonchev–Trinajstić information content (AvgIpc) is 2.76. The molecule has 0 spiro atoms. The molecule has 1 aliphatic rings. The van der Waals surface area contributed by atoms with E-state index in [2.05, 4.69) is 0 Å². The third kappa shape index (κ3) is 14.2. The minimum Gasteiger partial charge on any atom is -0.748 e. The van der Waals surface area contributed by atoms with Crippen LogP contribution >= 0.6 is 0 Å². The van der Waals surface area contributed by atoms with Crippen molar-refractivity contribution in [2.75, 3.05) is 19.0 Å². The first-order valence-electron chi connectivity index (χ1n) is 11.6. The molecule has 1 saturated heterocycles. The summed E-state index contributed by atoms with van der Waals surface area (Å²) < 4.78 is 54.1. The van der Waals surface area contributed by atoms with Crippen LogP contribution in [-0.2, 0) is 38.7 Å². The zero-order chi connectivity index (χ0) is 25.7. The molecule has 14 heteroatoms. The van der Waals surface area contributed by atoms with Gasteiger partial charge >= 0.3 is 41.5 Å². The van der Waals surface area contributed by atoms with Crippen molar-refractivity contribution in [2.24, 2.45) is 0 Å². The summed E-state index contributed by atoms with van der Waals surface area (Å²) in [7, 11) is -4.82. The largest absolute Gasteiger partial charge is 1.00 e. The van der Waals surface area contributed by atoms with Gasteiger partial charge in [0, 0.05) is 12.8 Å². The molecule has 6 atom stereocenters. The summed E-state index contributed by atoms with van der Waals surface area (Å²) in [6.45, 7) is 3.22. The molecule has 1 fully saturated rings. The fourth-order valence-electron chi connectivity index (χ4n) is 3.25. The van der Waals surface area contributed by atoms with Crippen LogP contribution in [0.1, 0.15) is 65.2 Å². The minimum absolute atomic E-state index is 0. The fraction of sp³-hybridized carbons (Fsp3) is 0.905. The summed E-state index contributed by atoms with van der Waals surface area (Å²) in [5, 5.41) is 30.0. The van der Waals surface area contributed by atoms with E-state index in [4.69, 9.17) is 18.9 Å². The van der Waals surface area contributed by atoms with Crippen LogP contribution in [0.15, 0.2) is 0 Å². The van der Waals surface area contributed by atoms with Gasteiger partial charge in [-0.1, -0.05) is 39.5 Å². The number of hydrogen-bond acceptors (Lipinski definition) is 12. The Morgan fingerprint density at radius 1 is 0.914 bits per heavy atom. The van der Waals surface area contributed by atoms with Gasteiger partial charge in [0.1, 0.15) is 31.0 Å². The molecule has 1 unspecified atom stereocenters. The Labute approximate surface area is 228 Å². The number of carbonyl (C=O) groups excluding carboxylic acids is 2. The third-order valence-corrected chi connectivity index (χ3v) is 5.92.